The van der Waals surface area contributed by atoms with E-state index in [1.807, 2.05) is 0 Å². The van der Waals surface area contributed by atoms with E-state index in [4.69, 9.17) is 4.74 Å². The third kappa shape index (κ3) is 11.2. The third-order valence-electron chi connectivity index (χ3n) is 8.68. The van der Waals surface area contributed by atoms with Crippen LogP contribution in [0.5, 0.6) is 5.75 Å². The molecular formula is C36H53NO. The highest BCUT2D eigenvalue weighted by Gasteiger charge is 2.22. The number of unbranched alkanes of at least 4 members (excludes halogenated alkanes) is 7. The lowest BCUT2D eigenvalue weighted by molar-refractivity contribution is 0.241. The van der Waals surface area contributed by atoms with Crippen LogP contribution in [0.15, 0.2) is 48.5 Å². The molecule has 1 atom stereocenters. The zero-order valence-corrected chi connectivity index (χ0v) is 24.4. The molecule has 38 heavy (non-hydrogen) atoms. The first-order chi connectivity index (χ1) is 18.7. The largest absolute Gasteiger partial charge is 0.494 e. The van der Waals surface area contributed by atoms with Gasteiger partial charge in [0, 0.05) is 0 Å². The summed E-state index contributed by atoms with van der Waals surface area (Å²) in [5.74, 6) is 2.89. The Balaban J connectivity index is 1.36. The molecule has 1 aliphatic rings. The number of nitriles is 1. The van der Waals surface area contributed by atoms with Crippen LogP contribution in [-0.4, -0.2) is 6.61 Å². The molecular weight excluding hydrogens is 462 g/mol. The zero-order chi connectivity index (χ0) is 26.8. The summed E-state index contributed by atoms with van der Waals surface area (Å²) in [5.41, 5.74) is 3.71. The van der Waals surface area contributed by atoms with Crippen LogP contribution in [-0.2, 0) is 6.42 Å². The van der Waals surface area contributed by atoms with Gasteiger partial charge in [-0.3, -0.25) is 0 Å². The van der Waals surface area contributed by atoms with E-state index in [0.29, 0.717) is 0 Å². The summed E-state index contributed by atoms with van der Waals surface area (Å²) in [6, 6.07) is 19.9. The Morgan fingerprint density at radius 3 is 1.87 bits per heavy atom. The summed E-state index contributed by atoms with van der Waals surface area (Å²) < 4.78 is 5.89. The summed E-state index contributed by atoms with van der Waals surface area (Å²) >= 11 is 0. The molecule has 0 aromatic heterocycles. The summed E-state index contributed by atoms with van der Waals surface area (Å²) in [7, 11) is 0. The summed E-state index contributed by atoms with van der Waals surface area (Å²) in [6.45, 7) is 5.33. The summed E-state index contributed by atoms with van der Waals surface area (Å²) in [6.07, 6.45) is 22.1. The Morgan fingerprint density at radius 1 is 0.711 bits per heavy atom. The van der Waals surface area contributed by atoms with Crippen LogP contribution in [0.4, 0.5) is 0 Å². The minimum absolute atomic E-state index is 0.130. The van der Waals surface area contributed by atoms with Gasteiger partial charge in [0.05, 0.1) is 18.6 Å². The number of benzene rings is 2. The molecule has 0 radical (unpaired) electrons. The fraction of sp³-hybridized carbons (Fsp3) is 0.639. The molecule has 2 heteroatoms. The van der Waals surface area contributed by atoms with Gasteiger partial charge in [0.15, 0.2) is 0 Å². The maximum absolute atomic E-state index is 9.82. The van der Waals surface area contributed by atoms with Gasteiger partial charge in [-0.05, 0) is 66.3 Å². The summed E-state index contributed by atoms with van der Waals surface area (Å²) in [4.78, 5) is 0. The van der Waals surface area contributed by atoms with Crippen LogP contribution in [0.25, 0.3) is 11.1 Å². The van der Waals surface area contributed by atoms with Crippen LogP contribution in [0.3, 0.4) is 0 Å². The standard InChI is InChI=1S/C36H53NO/c1-3-5-7-9-10-12-30-13-15-31(16-14-30)17-18-33(29-37)28-32-19-21-34(22-20-32)35-23-25-36(26-24-35)38-27-11-8-6-4-2/h19-26,30-31,33H,3-18,27-28H2,1-2H3/t30-,31-,33?. The Morgan fingerprint density at radius 2 is 1.26 bits per heavy atom. The first-order valence-corrected chi connectivity index (χ1v) is 15.9. The molecule has 3 rings (SSSR count). The molecule has 1 unspecified atom stereocenters. The fourth-order valence-electron chi connectivity index (χ4n) is 6.07. The second-order valence-electron chi connectivity index (χ2n) is 11.8. The lowest BCUT2D eigenvalue weighted by Crippen LogP contribution is -2.16. The van der Waals surface area contributed by atoms with Gasteiger partial charge in [-0.2, -0.15) is 5.26 Å². The maximum atomic E-state index is 9.82. The van der Waals surface area contributed by atoms with Crippen molar-refractivity contribution in [3.8, 4) is 22.9 Å². The van der Waals surface area contributed by atoms with Crippen LogP contribution in [0, 0.1) is 29.1 Å². The van der Waals surface area contributed by atoms with Gasteiger partial charge in [0.25, 0.3) is 0 Å². The first kappa shape index (κ1) is 30.3. The molecule has 2 aromatic carbocycles. The van der Waals surface area contributed by atoms with Crippen LogP contribution < -0.4 is 4.74 Å². The summed E-state index contributed by atoms with van der Waals surface area (Å²) in [5, 5.41) is 9.82. The normalized spacial score (nSPS) is 18.1. The van der Waals surface area contributed by atoms with Crippen molar-refractivity contribution < 1.29 is 4.74 Å². The number of hydrogen-bond acceptors (Lipinski definition) is 2. The van der Waals surface area contributed by atoms with Crippen LogP contribution in [0.2, 0.25) is 0 Å². The average molecular weight is 516 g/mol. The Kier molecular flexibility index (Phi) is 14.4. The van der Waals surface area contributed by atoms with Gasteiger partial charge in [0.1, 0.15) is 5.75 Å². The Bertz CT molecular complexity index is 902. The van der Waals surface area contributed by atoms with Crippen molar-refractivity contribution in [2.24, 2.45) is 17.8 Å². The maximum Gasteiger partial charge on any atom is 0.119 e. The van der Waals surface area contributed by atoms with E-state index in [1.54, 1.807) is 0 Å². The lowest BCUT2D eigenvalue weighted by atomic mass is 9.77. The molecule has 0 N–H and O–H groups in total. The van der Waals surface area contributed by atoms with E-state index in [9.17, 15) is 5.26 Å². The number of nitrogens with zero attached hydrogens (tertiary/aromatic N) is 1. The molecule has 2 aromatic rings. The Hall–Kier alpha value is -2.27. The zero-order valence-electron chi connectivity index (χ0n) is 24.4. The minimum Gasteiger partial charge on any atom is -0.494 e. The van der Waals surface area contributed by atoms with Gasteiger partial charge < -0.3 is 4.74 Å². The van der Waals surface area contributed by atoms with Gasteiger partial charge in [-0.25, -0.2) is 0 Å². The van der Waals surface area contributed by atoms with Crippen LogP contribution >= 0.6 is 0 Å². The molecule has 0 spiro atoms. The second kappa shape index (κ2) is 18.1. The van der Waals surface area contributed by atoms with Gasteiger partial charge in [0.2, 0.25) is 0 Å². The van der Waals surface area contributed by atoms with Crippen molar-refractivity contribution in [2.75, 3.05) is 6.61 Å². The number of hydrogen-bond donors (Lipinski definition) is 0. The Labute approximate surface area is 234 Å². The molecule has 208 valence electrons. The fourth-order valence-corrected chi connectivity index (χ4v) is 6.07. The lowest BCUT2D eigenvalue weighted by Gasteiger charge is -2.29. The molecule has 1 saturated carbocycles. The molecule has 1 aliphatic carbocycles. The van der Waals surface area contributed by atoms with Crippen molar-refractivity contribution in [3.63, 3.8) is 0 Å². The predicted octanol–water partition coefficient (Wildman–Crippen LogP) is 10.9. The van der Waals surface area contributed by atoms with Crippen molar-refractivity contribution in [1.29, 1.82) is 5.26 Å². The second-order valence-corrected chi connectivity index (χ2v) is 11.8. The number of rotatable bonds is 18. The van der Waals surface area contributed by atoms with E-state index in [1.165, 1.54) is 107 Å². The molecule has 0 bridgehead atoms. The molecule has 0 amide bonds. The third-order valence-corrected chi connectivity index (χ3v) is 8.68. The van der Waals surface area contributed by atoms with E-state index >= 15 is 0 Å². The molecule has 1 fully saturated rings. The van der Waals surface area contributed by atoms with Crippen molar-refractivity contribution in [1.82, 2.24) is 0 Å². The van der Waals surface area contributed by atoms with Gasteiger partial charge in [-0.15, -0.1) is 0 Å². The topological polar surface area (TPSA) is 33.0 Å². The highest BCUT2D eigenvalue weighted by atomic mass is 16.5. The highest BCUT2D eigenvalue weighted by molar-refractivity contribution is 5.64. The van der Waals surface area contributed by atoms with Crippen molar-refractivity contribution in [2.45, 2.75) is 123 Å². The predicted molar refractivity (Wildman–Crippen MR) is 162 cm³/mol. The van der Waals surface area contributed by atoms with E-state index in [0.717, 1.165) is 43.5 Å². The monoisotopic (exact) mass is 515 g/mol. The number of ether oxygens (including phenoxy) is 1. The quantitative estimate of drug-likeness (QED) is 0.185. The average Bonchev–Trinajstić information content (AvgIpc) is 2.96. The van der Waals surface area contributed by atoms with E-state index < -0.39 is 0 Å². The molecule has 2 nitrogen and oxygen atoms in total. The highest BCUT2D eigenvalue weighted by Crippen LogP contribution is 2.35. The molecule has 0 saturated heterocycles. The van der Waals surface area contributed by atoms with Gasteiger partial charge >= 0.3 is 0 Å². The molecule has 0 heterocycles. The first-order valence-electron chi connectivity index (χ1n) is 15.9. The van der Waals surface area contributed by atoms with Gasteiger partial charge in [-0.1, -0.05) is 134 Å². The SMILES string of the molecule is CCCCCCC[C@H]1CC[C@H](CCC(C#N)Cc2ccc(-c3ccc(OCCCCCC)cc3)cc2)CC1. The van der Waals surface area contributed by atoms with Crippen LogP contribution in [0.1, 0.15) is 122 Å². The van der Waals surface area contributed by atoms with E-state index in [-0.39, 0.29) is 5.92 Å². The molecule has 0 aliphatic heterocycles. The van der Waals surface area contributed by atoms with E-state index in [2.05, 4.69) is 68.4 Å². The smallest absolute Gasteiger partial charge is 0.119 e. The van der Waals surface area contributed by atoms with Crippen molar-refractivity contribution >= 4 is 0 Å². The van der Waals surface area contributed by atoms with Crippen molar-refractivity contribution in [3.05, 3.63) is 54.1 Å². The minimum atomic E-state index is 0.130.